The lowest BCUT2D eigenvalue weighted by atomic mass is 10.1. The van der Waals surface area contributed by atoms with Crippen LogP contribution in [-0.2, 0) is 26.2 Å². The Morgan fingerprint density at radius 1 is 0.971 bits per heavy atom. The molecule has 0 spiro atoms. The zero-order valence-electron chi connectivity index (χ0n) is 20.8. The smallest absolute Gasteiger partial charge is 0.242 e. The van der Waals surface area contributed by atoms with E-state index in [1.54, 1.807) is 42.2 Å². The SMILES string of the molecule is Cc1ccc(CN(C(=O)CCCN(C)S(=O)(=O)c2ccccc2)C(C)C(=O)NCC(C)C)cc1. The lowest BCUT2D eigenvalue weighted by Gasteiger charge is -2.29. The molecule has 2 rings (SSSR count). The third-order valence-electron chi connectivity index (χ3n) is 5.64. The summed E-state index contributed by atoms with van der Waals surface area (Å²) in [6.07, 6.45) is 0.494. The van der Waals surface area contributed by atoms with Gasteiger partial charge in [0.1, 0.15) is 6.04 Å². The molecule has 0 radical (unpaired) electrons. The second-order valence-electron chi connectivity index (χ2n) is 9.07. The molecule has 2 amide bonds. The molecule has 0 fully saturated rings. The van der Waals surface area contributed by atoms with Gasteiger partial charge in [-0.25, -0.2) is 12.7 Å². The molecule has 0 heterocycles. The quantitative estimate of drug-likeness (QED) is 0.496. The standard InChI is InChI=1S/C26H37N3O4S/c1-20(2)18-27-26(31)22(4)29(19-23-15-13-21(3)14-16-23)25(30)12-9-17-28(5)34(32,33)24-10-7-6-8-11-24/h6-8,10-11,13-16,20,22H,9,12,17-19H2,1-5H3,(H,27,31). The predicted molar refractivity (Wildman–Crippen MR) is 135 cm³/mol. The number of hydrogen-bond donors (Lipinski definition) is 1. The molecule has 34 heavy (non-hydrogen) atoms. The van der Waals surface area contributed by atoms with Gasteiger partial charge in [-0.1, -0.05) is 61.9 Å². The third-order valence-corrected chi connectivity index (χ3v) is 7.51. The van der Waals surface area contributed by atoms with Gasteiger partial charge in [-0.2, -0.15) is 0 Å². The van der Waals surface area contributed by atoms with Crippen molar-refractivity contribution in [2.24, 2.45) is 5.92 Å². The van der Waals surface area contributed by atoms with E-state index in [4.69, 9.17) is 0 Å². The number of hydrogen-bond acceptors (Lipinski definition) is 4. The van der Waals surface area contributed by atoms with Crippen LogP contribution < -0.4 is 5.32 Å². The van der Waals surface area contributed by atoms with E-state index in [1.807, 2.05) is 45.0 Å². The number of benzene rings is 2. The molecule has 0 aliphatic carbocycles. The average molecular weight is 488 g/mol. The summed E-state index contributed by atoms with van der Waals surface area (Å²) in [6.45, 7) is 8.81. The monoisotopic (exact) mass is 487 g/mol. The fourth-order valence-corrected chi connectivity index (χ4v) is 4.64. The first-order valence-electron chi connectivity index (χ1n) is 11.7. The molecule has 0 aromatic heterocycles. The van der Waals surface area contributed by atoms with Crippen molar-refractivity contribution in [1.29, 1.82) is 0 Å². The van der Waals surface area contributed by atoms with E-state index in [2.05, 4.69) is 5.32 Å². The van der Waals surface area contributed by atoms with Crippen LogP contribution in [-0.4, -0.2) is 55.6 Å². The maximum Gasteiger partial charge on any atom is 0.242 e. The highest BCUT2D eigenvalue weighted by atomic mass is 32.2. The van der Waals surface area contributed by atoms with E-state index in [-0.39, 0.29) is 29.7 Å². The minimum absolute atomic E-state index is 0.141. The van der Waals surface area contributed by atoms with Crippen molar-refractivity contribution in [3.8, 4) is 0 Å². The number of rotatable bonds is 12. The van der Waals surface area contributed by atoms with E-state index in [0.29, 0.717) is 25.4 Å². The molecular formula is C26H37N3O4S. The summed E-state index contributed by atoms with van der Waals surface area (Å²) in [5, 5.41) is 2.90. The van der Waals surface area contributed by atoms with E-state index < -0.39 is 16.1 Å². The highest BCUT2D eigenvalue weighted by molar-refractivity contribution is 7.89. The number of nitrogens with zero attached hydrogens (tertiary/aromatic N) is 2. The molecular weight excluding hydrogens is 450 g/mol. The van der Waals surface area contributed by atoms with Gasteiger partial charge in [0.15, 0.2) is 0 Å². The van der Waals surface area contributed by atoms with E-state index in [0.717, 1.165) is 11.1 Å². The minimum atomic E-state index is -3.61. The molecule has 186 valence electrons. The number of amides is 2. The third kappa shape index (κ3) is 7.95. The van der Waals surface area contributed by atoms with Crippen LogP contribution in [0, 0.1) is 12.8 Å². The Morgan fingerprint density at radius 2 is 1.59 bits per heavy atom. The van der Waals surface area contributed by atoms with Crippen molar-refractivity contribution in [2.75, 3.05) is 20.1 Å². The molecule has 0 aliphatic rings. The first kappa shape index (κ1) is 27.5. The summed E-state index contributed by atoms with van der Waals surface area (Å²) in [4.78, 5) is 27.7. The molecule has 2 aromatic rings. The van der Waals surface area contributed by atoms with Crippen LogP contribution in [0.5, 0.6) is 0 Å². The van der Waals surface area contributed by atoms with Crippen molar-refractivity contribution < 1.29 is 18.0 Å². The topological polar surface area (TPSA) is 86.8 Å². The Kier molecular flexibility index (Phi) is 10.3. The highest BCUT2D eigenvalue weighted by Gasteiger charge is 2.26. The van der Waals surface area contributed by atoms with Gasteiger partial charge in [0.25, 0.3) is 0 Å². The van der Waals surface area contributed by atoms with Crippen molar-refractivity contribution in [3.05, 3.63) is 65.7 Å². The maximum atomic E-state index is 13.2. The van der Waals surface area contributed by atoms with Gasteiger partial charge in [-0.05, 0) is 43.9 Å². The summed E-state index contributed by atoms with van der Waals surface area (Å²) in [5.41, 5.74) is 2.05. The lowest BCUT2D eigenvalue weighted by Crippen LogP contribution is -2.48. The summed E-state index contributed by atoms with van der Waals surface area (Å²) in [5.74, 6) is -0.0734. The first-order chi connectivity index (χ1) is 16.0. The van der Waals surface area contributed by atoms with Gasteiger partial charge in [0, 0.05) is 33.1 Å². The van der Waals surface area contributed by atoms with Gasteiger partial charge in [-0.15, -0.1) is 0 Å². The Bertz CT molecular complexity index is 1040. The Hall–Kier alpha value is -2.71. The van der Waals surface area contributed by atoms with Crippen molar-refractivity contribution >= 4 is 21.8 Å². The molecule has 0 saturated carbocycles. The highest BCUT2D eigenvalue weighted by Crippen LogP contribution is 2.16. The van der Waals surface area contributed by atoms with Gasteiger partial charge in [0.2, 0.25) is 21.8 Å². The van der Waals surface area contributed by atoms with Gasteiger partial charge < -0.3 is 10.2 Å². The van der Waals surface area contributed by atoms with Crippen LogP contribution in [0.1, 0.15) is 44.7 Å². The molecule has 1 unspecified atom stereocenters. The molecule has 0 bridgehead atoms. The van der Waals surface area contributed by atoms with Crippen molar-refractivity contribution in [3.63, 3.8) is 0 Å². The van der Waals surface area contributed by atoms with E-state index in [9.17, 15) is 18.0 Å². The average Bonchev–Trinajstić information content (AvgIpc) is 2.82. The maximum absolute atomic E-state index is 13.2. The number of nitrogens with one attached hydrogen (secondary N) is 1. The van der Waals surface area contributed by atoms with Gasteiger partial charge >= 0.3 is 0 Å². The summed E-state index contributed by atoms with van der Waals surface area (Å²) >= 11 is 0. The zero-order valence-corrected chi connectivity index (χ0v) is 21.6. The zero-order chi connectivity index (χ0) is 25.3. The Labute approximate surface area is 204 Å². The minimum Gasteiger partial charge on any atom is -0.354 e. The number of aryl methyl sites for hydroxylation is 1. The molecule has 0 aliphatic heterocycles. The molecule has 1 atom stereocenters. The normalized spacial score (nSPS) is 12.6. The van der Waals surface area contributed by atoms with Crippen molar-refractivity contribution in [2.45, 2.75) is 58.0 Å². The fourth-order valence-electron chi connectivity index (χ4n) is 3.41. The lowest BCUT2D eigenvalue weighted by molar-refractivity contribution is -0.140. The molecule has 7 nitrogen and oxygen atoms in total. The van der Waals surface area contributed by atoms with Gasteiger partial charge in [-0.3, -0.25) is 9.59 Å². The molecule has 8 heteroatoms. The summed E-state index contributed by atoms with van der Waals surface area (Å²) in [6, 6.07) is 15.4. The number of carbonyl (C=O) groups is 2. The summed E-state index contributed by atoms with van der Waals surface area (Å²) in [7, 11) is -2.10. The van der Waals surface area contributed by atoms with Crippen LogP contribution >= 0.6 is 0 Å². The second kappa shape index (κ2) is 12.7. The van der Waals surface area contributed by atoms with E-state index in [1.165, 1.54) is 11.4 Å². The van der Waals surface area contributed by atoms with Crippen LogP contribution in [0.15, 0.2) is 59.5 Å². The number of carbonyl (C=O) groups excluding carboxylic acids is 2. The Balaban J connectivity index is 2.06. The first-order valence-corrected chi connectivity index (χ1v) is 13.1. The van der Waals surface area contributed by atoms with Crippen molar-refractivity contribution in [1.82, 2.24) is 14.5 Å². The van der Waals surface area contributed by atoms with Crippen LogP contribution in [0.3, 0.4) is 0 Å². The Morgan fingerprint density at radius 3 is 2.18 bits per heavy atom. The second-order valence-corrected chi connectivity index (χ2v) is 11.1. The molecule has 0 saturated heterocycles. The number of sulfonamides is 1. The van der Waals surface area contributed by atoms with E-state index >= 15 is 0 Å². The summed E-state index contributed by atoms with van der Waals surface area (Å²) < 4.78 is 26.7. The predicted octanol–water partition coefficient (Wildman–Crippen LogP) is 3.59. The van der Waals surface area contributed by atoms with Crippen LogP contribution in [0.4, 0.5) is 0 Å². The van der Waals surface area contributed by atoms with Gasteiger partial charge in [0.05, 0.1) is 4.90 Å². The van der Waals surface area contributed by atoms with Crippen LogP contribution in [0.25, 0.3) is 0 Å². The molecule has 1 N–H and O–H groups in total. The molecule has 2 aromatic carbocycles. The van der Waals surface area contributed by atoms with Crippen LogP contribution in [0.2, 0.25) is 0 Å². The largest absolute Gasteiger partial charge is 0.354 e. The fraction of sp³-hybridized carbons (Fsp3) is 0.462.